The zero-order chi connectivity index (χ0) is 15.1. The fraction of sp³-hybridized carbons (Fsp3) is 0.133. The smallest absolute Gasteiger partial charge is 0.277 e. The van der Waals surface area contributed by atoms with Crippen LogP contribution in [0.3, 0.4) is 0 Å². The SMILES string of the molecule is C/C(=N\NC(=O)COc1ccc(C#N)cc1)c1ccco1. The predicted molar refractivity (Wildman–Crippen MR) is 75.7 cm³/mol. The van der Waals surface area contributed by atoms with Gasteiger partial charge in [0.15, 0.2) is 6.61 Å². The molecule has 1 N–H and O–H groups in total. The van der Waals surface area contributed by atoms with Gasteiger partial charge in [-0.2, -0.15) is 10.4 Å². The van der Waals surface area contributed by atoms with E-state index in [9.17, 15) is 4.79 Å². The summed E-state index contributed by atoms with van der Waals surface area (Å²) in [6.45, 7) is 1.56. The van der Waals surface area contributed by atoms with Gasteiger partial charge in [-0.25, -0.2) is 5.43 Å². The first-order valence-corrected chi connectivity index (χ1v) is 6.19. The van der Waals surface area contributed by atoms with E-state index in [2.05, 4.69) is 10.5 Å². The van der Waals surface area contributed by atoms with Gasteiger partial charge in [0.25, 0.3) is 5.91 Å². The summed E-state index contributed by atoms with van der Waals surface area (Å²) in [4.78, 5) is 11.6. The fourth-order valence-corrected chi connectivity index (χ4v) is 1.49. The van der Waals surface area contributed by atoms with Gasteiger partial charge in [0.2, 0.25) is 0 Å². The minimum Gasteiger partial charge on any atom is -0.484 e. The van der Waals surface area contributed by atoms with Gasteiger partial charge in [-0.1, -0.05) is 0 Å². The molecule has 0 aliphatic rings. The molecule has 0 fully saturated rings. The maximum absolute atomic E-state index is 11.6. The molecule has 1 amide bonds. The Hall–Kier alpha value is -3.07. The number of furan rings is 1. The summed E-state index contributed by atoms with van der Waals surface area (Å²) >= 11 is 0. The largest absolute Gasteiger partial charge is 0.484 e. The van der Waals surface area contributed by atoms with Crippen molar-refractivity contribution in [1.29, 1.82) is 5.26 Å². The second kappa shape index (κ2) is 6.91. The number of rotatable bonds is 5. The van der Waals surface area contributed by atoms with Crippen molar-refractivity contribution in [1.82, 2.24) is 5.43 Å². The molecule has 1 aromatic heterocycles. The number of hydrogen-bond acceptors (Lipinski definition) is 5. The van der Waals surface area contributed by atoms with Crippen molar-refractivity contribution in [2.75, 3.05) is 6.61 Å². The van der Waals surface area contributed by atoms with E-state index >= 15 is 0 Å². The van der Waals surface area contributed by atoms with Gasteiger partial charge in [0.05, 0.1) is 17.9 Å². The lowest BCUT2D eigenvalue weighted by Crippen LogP contribution is -2.25. The molecular weight excluding hydrogens is 270 g/mol. The highest BCUT2D eigenvalue weighted by Gasteiger charge is 2.04. The summed E-state index contributed by atoms with van der Waals surface area (Å²) in [7, 11) is 0. The Morgan fingerprint density at radius 3 is 2.76 bits per heavy atom. The number of ether oxygens (including phenoxy) is 1. The average Bonchev–Trinajstić information content (AvgIpc) is 3.05. The minimum absolute atomic E-state index is 0.166. The summed E-state index contributed by atoms with van der Waals surface area (Å²) in [5, 5.41) is 12.6. The van der Waals surface area contributed by atoms with E-state index in [1.165, 1.54) is 6.26 Å². The van der Waals surface area contributed by atoms with Crippen LogP contribution in [0.4, 0.5) is 0 Å². The van der Waals surface area contributed by atoms with Crippen LogP contribution < -0.4 is 10.2 Å². The molecule has 0 spiro atoms. The third-order valence-electron chi connectivity index (χ3n) is 2.58. The average molecular weight is 283 g/mol. The third kappa shape index (κ3) is 4.21. The molecule has 6 heteroatoms. The van der Waals surface area contributed by atoms with E-state index in [1.54, 1.807) is 43.3 Å². The highest BCUT2D eigenvalue weighted by Crippen LogP contribution is 2.11. The first-order chi connectivity index (χ1) is 10.2. The van der Waals surface area contributed by atoms with Crippen molar-refractivity contribution < 1.29 is 13.9 Å². The topological polar surface area (TPSA) is 87.6 Å². The Bertz CT molecular complexity index is 667. The standard InChI is InChI=1S/C15H13N3O3/c1-11(14-3-2-8-20-14)17-18-15(19)10-21-13-6-4-12(9-16)5-7-13/h2-8H,10H2,1H3,(H,18,19)/b17-11+. The summed E-state index contributed by atoms with van der Waals surface area (Å²) in [5.41, 5.74) is 3.47. The van der Waals surface area contributed by atoms with Crippen LogP contribution >= 0.6 is 0 Å². The van der Waals surface area contributed by atoms with Crippen molar-refractivity contribution in [2.45, 2.75) is 6.92 Å². The minimum atomic E-state index is -0.384. The molecule has 0 unspecified atom stereocenters. The van der Waals surface area contributed by atoms with Gasteiger partial charge >= 0.3 is 0 Å². The molecule has 106 valence electrons. The van der Waals surface area contributed by atoms with Crippen LogP contribution in [0.15, 0.2) is 52.2 Å². The van der Waals surface area contributed by atoms with Crippen LogP contribution in [0, 0.1) is 11.3 Å². The number of amides is 1. The Kier molecular flexibility index (Phi) is 4.72. The van der Waals surface area contributed by atoms with Crippen molar-refractivity contribution >= 4 is 11.6 Å². The molecule has 1 heterocycles. The number of benzene rings is 1. The second-order valence-electron chi connectivity index (χ2n) is 4.13. The molecule has 2 rings (SSSR count). The second-order valence-corrected chi connectivity index (χ2v) is 4.13. The summed E-state index contributed by atoms with van der Waals surface area (Å²) in [5.74, 6) is 0.712. The molecule has 6 nitrogen and oxygen atoms in total. The van der Waals surface area contributed by atoms with E-state index in [4.69, 9.17) is 14.4 Å². The van der Waals surface area contributed by atoms with Gasteiger partial charge in [-0.3, -0.25) is 4.79 Å². The number of nitrogens with one attached hydrogen (secondary N) is 1. The van der Waals surface area contributed by atoms with Crippen molar-refractivity contribution in [3.05, 3.63) is 54.0 Å². The summed E-state index contributed by atoms with van der Waals surface area (Å²) in [6.07, 6.45) is 1.53. The third-order valence-corrected chi connectivity index (χ3v) is 2.58. The Morgan fingerprint density at radius 1 is 1.38 bits per heavy atom. The Morgan fingerprint density at radius 2 is 2.14 bits per heavy atom. The van der Waals surface area contributed by atoms with Gasteiger partial charge in [-0.05, 0) is 43.3 Å². The number of hydrogen-bond donors (Lipinski definition) is 1. The van der Waals surface area contributed by atoms with Gasteiger partial charge < -0.3 is 9.15 Å². The molecule has 0 radical (unpaired) electrons. The molecule has 0 bridgehead atoms. The van der Waals surface area contributed by atoms with Gasteiger partial charge in [0, 0.05) is 0 Å². The molecule has 0 aliphatic heterocycles. The quantitative estimate of drug-likeness (QED) is 0.672. The number of nitrogens with zero attached hydrogens (tertiary/aromatic N) is 2. The van der Waals surface area contributed by atoms with E-state index in [-0.39, 0.29) is 12.5 Å². The molecule has 0 aliphatic carbocycles. The molecule has 0 saturated heterocycles. The highest BCUT2D eigenvalue weighted by atomic mass is 16.5. The summed E-state index contributed by atoms with van der Waals surface area (Å²) < 4.78 is 10.4. The first kappa shape index (κ1) is 14.3. The van der Waals surface area contributed by atoms with E-state index in [0.717, 1.165) is 0 Å². The Balaban J connectivity index is 1.82. The molecule has 0 saturated carbocycles. The van der Waals surface area contributed by atoms with Crippen LogP contribution in [0.1, 0.15) is 18.2 Å². The van der Waals surface area contributed by atoms with Crippen LogP contribution in [-0.4, -0.2) is 18.2 Å². The van der Waals surface area contributed by atoms with Crippen LogP contribution in [0.5, 0.6) is 5.75 Å². The molecular formula is C15H13N3O3. The van der Waals surface area contributed by atoms with Crippen molar-refractivity contribution in [2.24, 2.45) is 5.10 Å². The van der Waals surface area contributed by atoms with E-state index in [1.807, 2.05) is 6.07 Å². The maximum atomic E-state index is 11.6. The Labute approximate surface area is 121 Å². The summed E-state index contributed by atoms with van der Waals surface area (Å²) in [6, 6.07) is 12.0. The zero-order valence-corrected chi connectivity index (χ0v) is 11.4. The number of hydrazone groups is 1. The lowest BCUT2D eigenvalue weighted by atomic mass is 10.2. The fourth-order valence-electron chi connectivity index (χ4n) is 1.49. The van der Waals surface area contributed by atoms with Gasteiger partial charge in [0.1, 0.15) is 17.2 Å². The monoisotopic (exact) mass is 283 g/mol. The van der Waals surface area contributed by atoms with E-state index in [0.29, 0.717) is 22.8 Å². The normalized spacial score (nSPS) is 10.8. The highest BCUT2D eigenvalue weighted by molar-refractivity contribution is 5.96. The number of carbonyl (C=O) groups excluding carboxylic acids is 1. The zero-order valence-electron chi connectivity index (χ0n) is 11.4. The van der Waals surface area contributed by atoms with Crippen LogP contribution in [0.25, 0.3) is 0 Å². The van der Waals surface area contributed by atoms with Crippen LogP contribution in [0.2, 0.25) is 0 Å². The molecule has 21 heavy (non-hydrogen) atoms. The first-order valence-electron chi connectivity index (χ1n) is 6.19. The van der Waals surface area contributed by atoms with Crippen LogP contribution in [-0.2, 0) is 4.79 Å². The number of nitriles is 1. The van der Waals surface area contributed by atoms with Gasteiger partial charge in [-0.15, -0.1) is 0 Å². The lowest BCUT2D eigenvalue weighted by molar-refractivity contribution is -0.123. The van der Waals surface area contributed by atoms with E-state index < -0.39 is 0 Å². The molecule has 1 aromatic carbocycles. The molecule has 2 aromatic rings. The molecule has 0 atom stereocenters. The predicted octanol–water partition coefficient (Wildman–Crippen LogP) is 2.07. The lowest BCUT2D eigenvalue weighted by Gasteiger charge is -2.05. The van der Waals surface area contributed by atoms with Crippen molar-refractivity contribution in [3.8, 4) is 11.8 Å². The maximum Gasteiger partial charge on any atom is 0.277 e. The number of carbonyl (C=O) groups is 1. The van der Waals surface area contributed by atoms with Crippen molar-refractivity contribution in [3.63, 3.8) is 0 Å².